The lowest BCUT2D eigenvalue weighted by atomic mass is 9.86. The monoisotopic (exact) mass is 874 g/mol. The number of hydrogen-bond acceptors (Lipinski definition) is 11. The normalized spacial score (nSPS) is 23.7. The number of imide groups is 1. The highest BCUT2D eigenvalue weighted by molar-refractivity contribution is 8.00. The highest BCUT2D eigenvalue weighted by Crippen LogP contribution is 2.40. The Bertz CT molecular complexity index is 2030. The molecule has 3 aliphatic rings. The number of carbonyl (C=O) groups excluding carboxylic acids is 4. The van der Waals surface area contributed by atoms with Crippen LogP contribution in [-0.4, -0.2) is 112 Å². The minimum Gasteiger partial charge on any atom is -0.378 e. The van der Waals surface area contributed by atoms with Gasteiger partial charge in [-0.1, -0.05) is 52.2 Å². The molecule has 60 heavy (non-hydrogen) atoms. The highest BCUT2D eigenvalue weighted by atomic mass is 32.2. The summed E-state index contributed by atoms with van der Waals surface area (Å²) in [5.74, 6) is 0.0193. The van der Waals surface area contributed by atoms with Crippen LogP contribution >= 0.6 is 19.4 Å². The zero-order chi connectivity index (χ0) is 43.6. The number of urea groups is 1. The summed E-state index contributed by atoms with van der Waals surface area (Å²) in [5.41, 5.74) is 0.260. The van der Waals surface area contributed by atoms with Gasteiger partial charge in [0.1, 0.15) is 12.3 Å². The van der Waals surface area contributed by atoms with Crippen molar-refractivity contribution in [2.24, 2.45) is 0 Å². The van der Waals surface area contributed by atoms with E-state index in [1.165, 1.54) is 34.9 Å². The van der Waals surface area contributed by atoms with Gasteiger partial charge in [-0.2, -0.15) is 11.8 Å². The average Bonchev–Trinajstić information content (AvgIpc) is 3.88. The highest BCUT2D eigenvalue weighted by Gasteiger charge is 2.50. The Kier molecular flexibility index (Phi) is 16.6. The number of rotatable bonds is 20. The van der Waals surface area contributed by atoms with Crippen LogP contribution < -0.4 is 27.2 Å². The summed E-state index contributed by atoms with van der Waals surface area (Å²) >= 11 is 1.77. The molecule has 3 fully saturated rings. The third-order valence-corrected chi connectivity index (χ3v) is 13.0. The second kappa shape index (κ2) is 21.1. The summed E-state index contributed by atoms with van der Waals surface area (Å²) in [4.78, 5) is 89.1. The summed E-state index contributed by atoms with van der Waals surface area (Å²) < 4.78 is 28.9. The fraction of sp³-hybridized carbons (Fsp3) is 0.610. The Morgan fingerprint density at radius 3 is 2.40 bits per heavy atom. The molecule has 0 spiro atoms. The van der Waals surface area contributed by atoms with Gasteiger partial charge in [0.25, 0.3) is 11.5 Å². The van der Waals surface area contributed by atoms with Crippen LogP contribution in [-0.2, 0) is 33.6 Å². The van der Waals surface area contributed by atoms with Crippen molar-refractivity contribution < 1.29 is 42.6 Å². The SMILES string of the molecule is CO[C@@H]1C[C@H](n2cc(/C=C/C(=O)NCCCCCCNC(=O)CCCCC3SCC4C3NC(=O)N4C(=O)c3ccc(C(C)(C)C)cc3)c(=O)[nH]c2=O)OC1COP(C)(=O)O. The summed E-state index contributed by atoms with van der Waals surface area (Å²) in [6.07, 6.45) is 8.03. The van der Waals surface area contributed by atoms with E-state index in [2.05, 4.69) is 41.7 Å². The topological polar surface area (TPSA) is 227 Å². The molecule has 3 saturated heterocycles. The molecule has 3 aliphatic heterocycles. The van der Waals surface area contributed by atoms with E-state index in [9.17, 15) is 38.2 Å². The van der Waals surface area contributed by atoms with Crippen molar-refractivity contribution in [2.45, 2.75) is 120 Å². The molecule has 7 atom stereocenters. The number of ether oxygens (including phenoxy) is 2. The number of nitrogens with one attached hydrogen (secondary N) is 4. The standard InChI is InChI=1S/C41H59N6O11PS/c1-41(2,3)28-17-14-26(15-18-28)38(51)47-29-25-60-32(36(29)44-40(47)53)12-8-9-13-33(48)42-20-10-6-7-11-21-43-34(49)19-16-27-23-46(39(52)45-37(27)50)35-22-30(56-4)31(58-35)24-57-59(5,54)55/h14-19,23,29-32,35-36H,6-13,20-22,24-25H2,1-5H3,(H,42,48)(H,43,49)(H,44,53)(H,54,55)(H,45,50,52)/b19-16+/t29?,30-,31?,32?,35-,36?/m1/s1. The van der Waals surface area contributed by atoms with Gasteiger partial charge in [0.2, 0.25) is 11.8 Å². The summed E-state index contributed by atoms with van der Waals surface area (Å²) in [6, 6.07) is 6.88. The van der Waals surface area contributed by atoms with E-state index in [-0.39, 0.29) is 59.2 Å². The fourth-order valence-corrected chi connectivity index (χ4v) is 9.54. The number of aromatic nitrogens is 2. The minimum atomic E-state index is -3.76. The quantitative estimate of drug-likeness (QED) is 0.0550. The van der Waals surface area contributed by atoms with Gasteiger partial charge in [-0.05, 0) is 54.9 Å². The lowest BCUT2D eigenvalue weighted by molar-refractivity contribution is -0.121. The van der Waals surface area contributed by atoms with E-state index in [4.69, 9.17) is 14.0 Å². The van der Waals surface area contributed by atoms with Crippen molar-refractivity contribution in [1.29, 1.82) is 0 Å². The van der Waals surface area contributed by atoms with Crippen molar-refractivity contribution in [2.75, 3.05) is 39.2 Å². The van der Waals surface area contributed by atoms with Crippen molar-refractivity contribution >= 4 is 49.2 Å². The van der Waals surface area contributed by atoms with Crippen LogP contribution in [0.1, 0.15) is 106 Å². The molecule has 4 heterocycles. The van der Waals surface area contributed by atoms with Crippen molar-refractivity contribution in [3.8, 4) is 0 Å². The molecule has 1 aromatic carbocycles. The van der Waals surface area contributed by atoms with Crippen LogP contribution in [0.5, 0.6) is 0 Å². The van der Waals surface area contributed by atoms with Gasteiger partial charge in [-0.3, -0.25) is 38.2 Å². The van der Waals surface area contributed by atoms with Crippen LogP contribution in [0, 0.1) is 0 Å². The number of hydrogen-bond donors (Lipinski definition) is 5. The average molecular weight is 875 g/mol. The van der Waals surface area contributed by atoms with Crippen LogP contribution in [0.3, 0.4) is 0 Å². The number of amides is 5. The Hall–Kier alpha value is -4.06. The maximum absolute atomic E-state index is 13.3. The molecule has 0 radical (unpaired) electrons. The van der Waals surface area contributed by atoms with Gasteiger partial charge in [0, 0.05) is 68.5 Å². The van der Waals surface area contributed by atoms with E-state index in [1.54, 1.807) is 23.9 Å². The van der Waals surface area contributed by atoms with E-state index < -0.39 is 43.2 Å². The molecule has 19 heteroatoms. The van der Waals surface area contributed by atoms with E-state index >= 15 is 0 Å². The third-order valence-electron chi connectivity index (χ3n) is 10.9. The third kappa shape index (κ3) is 13.0. The number of benzene rings is 1. The number of carbonyl (C=O) groups is 4. The second-order valence-corrected chi connectivity index (χ2v) is 19.7. The van der Waals surface area contributed by atoms with Crippen LogP contribution in [0.4, 0.5) is 4.79 Å². The number of H-pyrrole nitrogens is 1. The summed E-state index contributed by atoms with van der Waals surface area (Å²) in [7, 11) is -2.31. The predicted octanol–water partition coefficient (Wildman–Crippen LogP) is 4.05. The molecule has 5 N–H and O–H groups in total. The first kappa shape index (κ1) is 47.0. The van der Waals surface area contributed by atoms with E-state index in [0.717, 1.165) is 57.2 Å². The minimum absolute atomic E-state index is 0.00418. The maximum atomic E-state index is 13.3. The molecule has 0 bridgehead atoms. The maximum Gasteiger partial charge on any atom is 0.330 e. The Morgan fingerprint density at radius 1 is 1.03 bits per heavy atom. The lowest BCUT2D eigenvalue weighted by Crippen LogP contribution is -2.41. The number of aromatic amines is 1. The first-order chi connectivity index (χ1) is 28.4. The number of unbranched alkanes of at least 4 members (excludes halogenated alkanes) is 4. The molecule has 5 unspecified atom stereocenters. The molecule has 17 nitrogen and oxygen atoms in total. The second-order valence-electron chi connectivity index (χ2n) is 16.5. The molecule has 330 valence electrons. The Morgan fingerprint density at radius 2 is 1.73 bits per heavy atom. The Labute approximate surface area is 354 Å². The van der Waals surface area contributed by atoms with E-state index in [1.807, 2.05) is 12.1 Å². The molecule has 0 aliphatic carbocycles. The zero-order valence-corrected chi connectivity index (χ0v) is 36.7. The van der Waals surface area contributed by atoms with Crippen LogP contribution in [0.2, 0.25) is 0 Å². The lowest BCUT2D eigenvalue weighted by Gasteiger charge is -2.22. The molecule has 5 amide bonds. The number of fused-ring (bicyclic) bond motifs is 1. The first-order valence-electron chi connectivity index (χ1n) is 20.5. The van der Waals surface area contributed by atoms with Crippen molar-refractivity contribution in [1.82, 2.24) is 30.4 Å². The van der Waals surface area contributed by atoms with Gasteiger partial charge in [-0.25, -0.2) is 9.59 Å². The molecular formula is C41H59N6O11PS. The largest absolute Gasteiger partial charge is 0.378 e. The van der Waals surface area contributed by atoms with Gasteiger partial charge in [0.15, 0.2) is 0 Å². The van der Waals surface area contributed by atoms with E-state index in [0.29, 0.717) is 30.8 Å². The number of nitrogens with zero attached hydrogens (tertiary/aromatic N) is 2. The number of thioether (sulfide) groups is 1. The molecule has 2 aromatic rings. The molecule has 1 aromatic heterocycles. The summed E-state index contributed by atoms with van der Waals surface area (Å²) in [5, 5.41) is 8.99. The molecule has 0 saturated carbocycles. The van der Waals surface area contributed by atoms with Gasteiger partial charge in [-0.15, -0.1) is 0 Å². The first-order valence-corrected chi connectivity index (χ1v) is 23.6. The van der Waals surface area contributed by atoms with Gasteiger partial charge in [0.05, 0.1) is 30.4 Å². The van der Waals surface area contributed by atoms with Crippen LogP contribution in [0.15, 0.2) is 46.1 Å². The fourth-order valence-electron chi connectivity index (χ4n) is 7.52. The predicted molar refractivity (Wildman–Crippen MR) is 228 cm³/mol. The van der Waals surface area contributed by atoms with Crippen molar-refractivity contribution in [3.63, 3.8) is 0 Å². The smallest absolute Gasteiger partial charge is 0.330 e. The van der Waals surface area contributed by atoms with Crippen LogP contribution in [0.25, 0.3) is 6.08 Å². The summed E-state index contributed by atoms with van der Waals surface area (Å²) in [6.45, 7) is 8.16. The van der Waals surface area contributed by atoms with Gasteiger partial charge < -0.3 is 34.8 Å². The molecule has 5 rings (SSSR count). The zero-order valence-electron chi connectivity index (χ0n) is 35.0. The Balaban J connectivity index is 0.920. The van der Waals surface area contributed by atoms with Crippen molar-refractivity contribution in [3.05, 3.63) is 74.1 Å². The number of methoxy groups -OCH3 is 1. The molecular weight excluding hydrogens is 816 g/mol. The van der Waals surface area contributed by atoms with Gasteiger partial charge >= 0.3 is 19.3 Å².